The number of hydrogen-bond acceptors (Lipinski definition) is 2. The lowest BCUT2D eigenvalue weighted by Gasteiger charge is -2.02. The van der Waals surface area contributed by atoms with Crippen molar-refractivity contribution in [2.24, 2.45) is 5.73 Å². The maximum absolute atomic E-state index is 13.2. The van der Waals surface area contributed by atoms with Crippen LogP contribution < -0.4 is 11.9 Å². The van der Waals surface area contributed by atoms with Gasteiger partial charge < -0.3 is 11.9 Å². The lowest BCUT2D eigenvalue weighted by atomic mass is 10.1. The van der Waals surface area contributed by atoms with Crippen molar-refractivity contribution in [1.29, 1.82) is 0 Å². The van der Waals surface area contributed by atoms with Crippen LogP contribution in [-0.4, -0.2) is 5.91 Å². The predicted octanol–water partition coefficient (Wildman–Crippen LogP) is 1.65. The van der Waals surface area contributed by atoms with Crippen LogP contribution in [0.25, 0.3) is 0 Å². The molecule has 1 rings (SSSR count). The minimum absolute atomic E-state index is 0. The smallest absolute Gasteiger partial charge is 0.251 e. The first-order chi connectivity index (χ1) is 5.66. The highest BCUT2D eigenvalue weighted by atomic mass is 19.1. The number of carbonyl (C=O) groups excluding carboxylic acids is 1. The maximum atomic E-state index is 13.2. The van der Waals surface area contributed by atoms with Crippen LogP contribution in [-0.2, 0) is 6.42 Å². The van der Waals surface area contributed by atoms with Crippen LogP contribution in [0.4, 0.5) is 4.39 Å². The summed E-state index contributed by atoms with van der Waals surface area (Å²) in [6.07, 6.45) is 0.562. The van der Waals surface area contributed by atoms with Crippen molar-refractivity contribution in [3.8, 4) is 0 Å². The molecular formula is C9H13FN2O. The summed E-state index contributed by atoms with van der Waals surface area (Å²) >= 11 is 0. The summed E-state index contributed by atoms with van der Waals surface area (Å²) in [6, 6.07) is 4.65. The van der Waals surface area contributed by atoms with Gasteiger partial charge in [0.2, 0.25) is 0 Å². The van der Waals surface area contributed by atoms with E-state index in [1.165, 1.54) is 6.07 Å². The first kappa shape index (κ1) is 11.6. The second kappa shape index (κ2) is 4.57. The van der Waals surface area contributed by atoms with E-state index < -0.39 is 11.7 Å². The molecule has 0 aliphatic heterocycles. The summed E-state index contributed by atoms with van der Waals surface area (Å²) in [4.78, 5) is 10.7. The standard InChI is InChI=1S/C9H10FNO.H3N/c1-2-6-4-3-5-7(8(6)10)9(11)12;/h3-5H,2H2,1H3,(H2,11,12);1H3. The number of primary amides is 1. The Balaban J connectivity index is 0.00000144. The Morgan fingerprint density at radius 2 is 2.15 bits per heavy atom. The molecule has 0 heterocycles. The van der Waals surface area contributed by atoms with Gasteiger partial charge in [-0.3, -0.25) is 4.79 Å². The molecule has 0 spiro atoms. The Kier molecular flexibility index (Phi) is 4.07. The summed E-state index contributed by atoms with van der Waals surface area (Å²) in [5.41, 5.74) is 5.45. The normalized spacial score (nSPS) is 9.08. The van der Waals surface area contributed by atoms with Crippen molar-refractivity contribution in [3.05, 3.63) is 35.1 Å². The Morgan fingerprint density at radius 3 is 2.62 bits per heavy atom. The summed E-state index contributed by atoms with van der Waals surface area (Å²) in [5, 5.41) is 0. The van der Waals surface area contributed by atoms with E-state index in [4.69, 9.17) is 5.73 Å². The van der Waals surface area contributed by atoms with Crippen LogP contribution in [0.2, 0.25) is 0 Å². The average molecular weight is 184 g/mol. The highest BCUT2D eigenvalue weighted by molar-refractivity contribution is 5.93. The van der Waals surface area contributed by atoms with E-state index >= 15 is 0 Å². The molecule has 0 aliphatic rings. The van der Waals surface area contributed by atoms with Crippen LogP contribution in [0.1, 0.15) is 22.8 Å². The Hall–Kier alpha value is -1.42. The number of benzene rings is 1. The molecule has 0 unspecified atom stereocenters. The molecular weight excluding hydrogens is 171 g/mol. The molecule has 0 atom stereocenters. The lowest BCUT2D eigenvalue weighted by Crippen LogP contribution is -2.13. The molecule has 72 valence electrons. The number of halogens is 1. The number of rotatable bonds is 2. The molecule has 0 saturated carbocycles. The van der Waals surface area contributed by atoms with Crippen molar-refractivity contribution < 1.29 is 9.18 Å². The van der Waals surface area contributed by atoms with Gasteiger partial charge in [-0.05, 0) is 18.1 Å². The number of amides is 1. The number of carbonyl (C=O) groups is 1. The molecule has 3 nitrogen and oxygen atoms in total. The van der Waals surface area contributed by atoms with Crippen LogP contribution >= 0.6 is 0 Å². The SMILES string of the molecule is CCc1cccc(C(N)=O)c1F.N. The van der Waals surface area contributed by atoms with E-state index in [2.05, 4.69) is 0 Å². The van der Waals surface area contributed by atoms with Crippen molar-refractivity contribution in [2.45, 2.75) is 13.3 Å². The van der Waals surface area contributed by atoms with E-state index in [0.29, 0.717) is 12.0 Å². The molecule has 1 aromatic carbocycles. The third-order valence-electron chi connectivity index (χ3n) is 1.73. The summed E-state index contributed by atoms with van der Waals surface area (Å²) < 4.78 is 13.2. The van der Waals surface area contributed by atoms with Gasteiger partial charge in [-0.1, -0.05) is 19.1 Å². The maximum Gasteiger partial charge on any atom is 0.251 e. The van der Waals surface area contributed by atoms with Gasteiger partial charge in [-0.15, -0.1) is 0 Å². The van der Waals surface area contributed by atoms with Gasteiger partial charge in [-0.2, -0.15) is 0 Å². The van der Waals surface area contributed by atoms with Gasteiger partial charge >= 0.3 is 0 Å². The van der Waals surface area contributed by atoms with Crippen LogP contribution in [0.5, 0.6) is 0 Å². The first-order valence-corrected chi connectivity index (χ1v) is 3.74. The van der Waals surface area contributed by atoms with Gasteiger partial charge in [0.25, 0.3) is 5.91 Å². The zero-order chi connectivity index (χ0) is 9.14. The zero-order valence-electron chi connectivity index (χ0n) is 7.51. The van der Waals surface area contributed by atoms with E-state index in [1.807, 2.05) is 6.92 Å². The molecule has 13 heavy (non-hydrogen) atoms. The van der Waals surface area contributed by atoms with E-state index in [9.17, 15) is 9.18 Å². The largest absolute Gasteiger partial charge is 0.366 e. The number of hydrogen-bond donors (Lipinski definition) is 2. The van der Waals surface area contributed by atoms with Gasteiger partial charge in [0.1, 0.15) is 5.82 Å². The fourth-order valence-corrected chi connectivity index (χ4v) is 1.04. The Bertz CT molecular complexity index is 312. The van der Waals surface area contributed by atoms with Crippen molar-refractivity contribution in [2.75, 3.05) is 0 Å². The second-order valence-corrected chi connectivity index (χ2v) is 2.50. The van der Waals surface area contributed by atoms with Gasteiger partial charge in [0, 0.05) is 0 Å². The molecule has 0 aliphatic carbocycles. The predicted molar refractivity (Wildman–Crippen MR) is 49.3 cm³/mol. The van der Waals surface area contributed by atoms with Gasteiger partial charge in [0.15, 0.2) is 0 Å². The molecule has 1 amide bonds. The molecule has 0 aromatic heterocycles. The summed E-state index contributed by atoms with van der Waals surface area (Å²) in [5.74, 6) is -1.21. The average Bonchev–Trinajstić information content (AvgIpc) is 2.04. The molecule has 5 N–H and O–H groups in total. The monoisotopic (exact) mass is 184 g/mol. The Labute approximate surface area is 76.3 Å². The van der Waals surface area contributed by atoms with Crippen LogP contribution in [0.3, 0.4) is 0 Å². The quantitative estimate of drug-likeness (QED) is 0.732. The molecule has 4 heteroatoms. The number of aryl methyl sites for hydroxylation is 1. The van der Waals surface area contributed by atoms with Gasteiger partial charge in [0.05, 0.1) is 5.56 Å². The molecule has 0 saturated heterocycles. The lowest BCUT2D eigenvalue weighted by molar-refractivity contribution is 0.0996. The third kappa shape index (κ3) is 2.26. The number of nitrogens with two attached hydrogens (primary N) is 1. The highest BCUT2D eigenvalue weighted by Crippen LogP contribution is 2.12. The highest BCUT2D eigenvalue weighted by Gasteiger charge is 2.09. The van der Waals surface area contributed by atoms with Crippen molar-refractivity contribution in [1.82, 2.24) is 6.15 Å². The molecule has 0 radical (unpaired) electrons. The summed E-state index contributed by atoms with van der Waals surface area (Å²) in [7, 11) is 0. The minimum Gasteiger partial charge on any atom is -0.366 e. The van der Waals surface area contributed by atoms with Crippen LogP contribution in [0.15, 0.2) is 18.2 Å². The van der Waals surface area contributed by atoms with E-state index in [-0.39, 0.29) is 11.7 Å². The molecule has 0 bridgehead atoms. The van der Waals surface area contributed by atoms with Crippen molar-refractivity contribution >= 4 is 5.91 Å². The minimum atomic E-state index is -0.720. The van der Waals surface area contributed by atoms with Gasteiger partial charge in [-0.25, -0.2) is 4.39 Å². The molecule has 1 aromatic rings. The third-order valence-corrected chi connectivity index (χ3v) is 1.73. The second-order valence-electron chi connectivity index (χ2n) is 2.50. The summed E-state index contributed by atoms with van der Waals surface area (Å²) in [6.45, 7) is 1.82. The fourth-order valence-electron chi connectivity index (χ4n) is 1.04. The topological polar surface area (TPSA) is 78.1 Å². The van der Waals surface area contributed by atoms with Crippen molar-refractivity contribution in [3.63, 3.8) is 0 Å². The van der Waals surface area contributed by atoms with Crippen LogP contribution in [0, 0.1) is 5.82 Å². The van der Waals surface area contributed by atoms with E-state index in [1.54, 1.807) is 12.1 Å². The Morgan fingerprint density at radius 1 is 1.54 bits per heavy atom. The fraction of sp³-hybridized carbons (Fsp3) is 0.222. The first-order valence-electron chi connectivity index (χ1n) is 3.74. The van der Waals surface area contributed by atoms with E-state index in [0.717, 1.165) is 0 Å². The zero-order valence-corrected chi connectivity index (χ0v) is 7.51. The molecule has 0 fully saturated rings.